The van der Waals surface area contributed by atoms with Crippen LogP contribution in [0.3, 0.4) is 0 Å². The first-order valence-corrected chi connectivity index (χ1v) is 9.07. The fourth-order valence-corrected chi connectivity index (χ4v) is 2.98. The molecule has 9 nitrogen and oxygen atoms in total. The minimum Gasteiger partial charge on any atom is -0.305 e. The number of aryl methyl sites for hydroxylation is 4. The minimum atomic E-state index is -0.294. The highest BCUT2D eigenvalue weighted by atomic mass is 16.1. The Hall–Kier alpha value is -3.88. The topological polar surface area (TPSA) is 103 Å². The van der Waals surface area contributed by atoms with Crippen LogP contribution in [0, 0.1) is 27.7 Å². The number of nitrogens with zero attached hydrogens (tertiary/aromatic N) is 7. The van der Waals surface area contributed by atoms with Crippen LogP contribution < -0.4 is 5.32 Å². The zero-order chi connectivity index (χ0) is 20.5. The van der Waals surface area contributed by atoms with E-state index in [1.165, 1.54) is 4.68 Å². The summed E-state index contributed by atoms with van der Waals surface area (Å²) in [5, 5.41) is 11.7. The first kappa shape index (κ1) is 18.5. The van der Waals surface area contributed by atoms with Crippen LogP contribution in [0.25, 0.3) is 11.6 Å². The maximum absolute atomic E-state index is 12.8. The van der Waals surface area contributed by atoms with Crippen LogP contribution in [0.1, 0.15) is 33.0 Å². The molecule has 0 radical (unpaired) electrons. The van der Waals surface area contributed by atoms with Crippen molar-refractivity contribution in [2.45, 2.75) is 27.7 Å². The molecule has 0 aromatic carbocycles. The number of hydrogen-bond donors (Lipinski definition) is 1. The Labute approximate surface area is 167 Å². The van der Waals surface area contributed by atoms with E-state index < -0.39 is 0 Å². The maximum Gasteiger partial charge on any atom is 0.260 e. The number of hydrogen-bond acceptors (Lipinski definition) is 6. The van der Waals surface area contributed by atoms with E-state index in [9.17, 15) is 4.79 Å². The molecule has 1 N–H and O–H groups in total. The average Bonchev–Trinajstić information content (AvgIpc) is 3.25. The highest BCUT2D eigenvalue weighted by Gasteiger charge is 2.18. The molecule has 4 rings (SSSR count). The molecule has 0 aliphatic rings. The van der Waals surface area contributed by atoms with Crippen molar-refractivity contribution in [1.82, 2.24) is 34.5 Å². The van der Waals surface area contributed by atoms with Crippen molar-refractivity contribution in [2.75, 3.05) is 5.32 Å². The number of anilines is 1. The Morgan fingerprint density at radius 2 is 1.76 bits per heavy atom. The lowest BCUT2D eigenvalue weighted by molar-refractivity contribution is 0.102. The minimum absolute atomic E-state index is 0.294. The van der Waals surface area contributed by atoms with E-state index in [1.807, 2.05) is 45.2 Å². The van der Waals surface area contributed by atoms with Crippen LogP contribution in [-0.4, -0.2) is 40.4 Å². The molecule has 0 atom stereocenters. The molecule has 146 valence electrons. The Kier molecular flexibility index (Phi) is 4.63. The highest BCUT2D eigenvalue weighted by molar-refractivity contribution is 6.04. The van der Waals surface area contributed by atoms with Gasteiger partial charge in [-0.3, -0.25) is 9.78 Å². The smallest absolute Gasteiger partial charge is 0.260 e. The molecule has 0 fully saturated rings. The lowest BCUT2D eigenvalue weighted by atomic mass is 10.2. The number of amides is 1. The van der Waals surface area contributed by atoms with Crippen molar-refractivity contribution in [3.05, 3.63) is 71.2 Å². The second kappa shape index (κ2) is 7.27. The van der Waals surface area contributed by atoms with E-state index in [0.717, 1.165) is 22.6 Å². The molecule has 29 heavy (non-hydrogen) atoms. The van der Waals surface area contributed by atoms with Crippen LogP contribution >= 0.6 is 0 Å². The molecule has 0 saturated heterocycles. The van der Waals surface area contributed by atoms with Gasteiger partial charge in [0.25, 0.3) is 11.9 Å². The van der Waals surface area contributed by atoms with Crippen molar-refractivity contribution in [3.63, 3.8) is 0 Å². The van der Waals surface area contributed by atoms with Gasteiger partial charge in [-0.25, -0.2) is 19.3 Å². The standard InChI is InChI=1S/C20H20N8O/c1-12-10-27(16-6-5-7-21-9-16)26-18(12)24-19(29)17-11-28(25-15(17)4)20-22-13(2)8-14(3)23-20/h5-11H,1-4H3,(H,24,26,29). The molecule has 0 spiro atoms. The zero-order valence-electron chi connectivity index (χ0n) is 16.6. The van der Waals surface area contributed by atoms with Gasteiger partial charge in [-0.2, -0.15) is 5.10 Å². The third kappa shape index (κ3) is 3.75. The summed E-state index contributed by atoms with van der Waals surface area (Å²) < 4.78 is 3.20. The summed E-state index contributed by atoms with van der Waals surface area (Å²) in [4.78, 5) is 25.7. The van der Waals surface area contributed by atoms with Crippen LogP contribution in [0.5, 0.6) is 0 Å². The molecule has 0 saturated carbocycles. The van der Waals surface area contributed by atoms with Gasteiger partial charge in [0, 0.05) is 35.5 Å². The first-order valence-electron chi connectivity index (χ1n) is 9.07. The quantitative estimate of drug-likeness (QED) is 0.576. The summed E-state index contributed by atoms with van der Waals surface area (Å²) in [7, 11) is 0. The van der Waals surface area contributed by atoms with Gasteiger partial charge in [0.2, 0.25) is 0 Å². The lowest BCUT2D eigenvalue weighted by Crippen LogP contribution is -2.14. The third-order valence-corrected chi connectivity index (χ3v) is 4.36. The number of carbonyl (C=O) groups is 1. The lowest BCUT2D eigenvalue weighted by Gasteiger charge is -2.03. The number of carbonyl (C=O) groups excluding carboxylic acids is 1. The van der Waals surface area contributed by atoms with Gasteiger partial charge < -0.3 is 5.32 Å². The monoisotopic (exact) mass is 388 g/mol. The van der Waals surface area contributed by atoms with Crippen molar-refractivity contribution in [3.8, 4) is 11.6 Å². The molecule has 0 bridgehead atoms. The SMILES string of the molecule is Cc1cc(C)nc(-n2cc(C(=O)Nc3nn(-c4cccnc4)cc3C)c(C)n2)n1. The summed E-state index contributed by atoms with van der Waals surface area (Å²) in [6.07, 6.45) is 6.87. The second-order valence-electron chi connectivity index (χ2n) is 6.79. The fraction of sp³-hybridized carbons (Fsp3) is 0.200. The normalized spacial score (nSPS) is 10.9. The molecule has 0 aliphatic heterocycles. The van der Waals surface area contributed by atoms with Gasteiger partial charge in [-0.05, 0) is 45.9 Å². The van der Waals surface area contributed by atoms with E-state index in [-0.39, 0.29) is 5.91 Å². The maximum atomic E-state index is 12.8. The molecular weight excluding hydrogens is 368 g/mol. The zero-order valence-corrected chi connectivity index (χ0v) is 16.6. The molecule has 9 heteroatoms. The van der Waals surface area contributed by atoms with Crippen LogP contribution in [0.2, 0.25) is 0 Å². The third-order valence-electron chi connectivity index (χ3n) is 4.36. The van der Waals surface area contributed by atoms with E-state index in [4.69, 9.17) is 0 Å². The second-order valence-corrected chi connectivity index (χ2v) is 6.79. The summed E-state index contributed by atoms with van der Waals surface area (Å²) in [5.41, 5.74) is 4.33. The Balaban J connectivity index is 1.60. The highest BCUT2D eigenvalue weighted by Crippen LogP contribution is 2.17. The largest absolute Gasteiger partial charge is 0.305 e. The molecule has 0 unspecified atom stereocenters. The van der Waals surface area contributed by atoms with E-state index >= 15 is 0 Å². The van der Waals surface area contributed by atoms with Gasteiger partial charge in [0.15, 0.2) is 5.82 Å². The molecule has 4 aromatic heterocycles. The van der Waals surface area contributed by atoms with Crippen molar-refractivity contribution < 1.29 is 4.79 Å². The predicted octanol–water partition coefficient (Wildman–Crippen LogP) is 2.73. The van der Waals surface area contributed by atoms with Gasteiger partial charge in [-0.15, -0.1) is 5.10 Å². The van der Waals surface area contributed by atoms with Gasteiger partial charge in [-0.1, -0.05) is 0 Å². The van der Waals surface area contributed by atoms with Gasteiger partial charge in [0.1, 0.15) is 0 Å². The first-order chi connectivity index (χ1) is 13.9. The van der Waals surface area contributed by atoms with Crippen molar-refractivity contribution >= 4 is 11.7 Å². The number of pyridine rings is 1. The molecule has 4 heterocycles. The Morgan fingerprint density at radius 3 is 2.45 bits per heavy atom. The molecule has 1 amide bonds. The van der Waals surface area contributed by atoms with Gasteiger partial charge >= 0.3 is 0 Å². The fourth-order valence-electron chi connectivity index (χ4n) is 2.98. The van der Waals surface area contributed by atoms with Crippen LogP contribution in [0.4, 0.5) is 5.82 Å². The summed E-state index contributed by atoms with van der Waals surface area (Å²) in [6, 6.07) is 5.61. The Bertz CT molecular complexity index is 1170. The van der Waals surface area contributed by atoms with E-state index in [0.29, 0.717) is 23.0 Å². The summed E-state index contributed by atoms with van der Waals surface area (Å²) in [5.74, 6) is 0.619. The van der Waals surface area contributed by atoms with Crippen molar-refractivity contribution in [1.29, 1.82) is 0 Å². The molecule has 4 aromatic rings. The average molecular weight is 388 g/mol. The van der Waals surface area contributed by atoms with Crippen LogP contribution in [0.15, 0.2) is 43.0 Å². The number of rotatable bonds is 4. The van der Waals surface area contributed by atoms with E-state index in [2.05, 4.69) is 30.5 Å². The number of aromatic nitrogens is 7. The molecule has 0 aliphatic carbocycles. The van der Waals surface area contributed by atoms with E-state index in [1.54, 1.807) is 30.2 Å². The Morgan fingerprint density at radius 1 is 1.00 bits per heavy atom. The summed E-state index contributed by atoms with van der Waals surface area (Å²) in [6.45, 7) is 7.44. The van der Waals surface area contributed by atoms with Gasteiger partial charge in [0.05, 0.1) is 23.1 Å². The predicted molar refractivity (Wildman–Crippen MR) is 107 cm³/mol. The molecular formula is C20H20N8O. The van der Waals surface area contributed by atoms with Crippen LogP contribution in [-0.2, 0) is 0 Å². The van der Waals surface area contributed by atoms with Crippen molar-refractivity contribution in [2.24, 2.45) is 0 Å². The summed E-state index contributed by atoms with van der Waals surface area (Å²) >= 11 is 0. The number of nitrogens with one attached hydrogen (secondary N) is 1.